The first-order chi connectivity index (χ1) is 12.7. The second-order valence-electron chi connectivity index (χ2n) is 6.40. The van der Waals surface area contributed by atoms with E-state index >= 15 is 0 Å². The molecule has 1 unspecified atom stereocenters. The minimum atomic E-state index is -4.67. The molecule has 2 amide bonds. The maximum absolute atomic E-state index is 13.0. The zero-order valence-corrected chi connectivity index (χ0v) is 14.6. The molecule has 9 heteroatoms. The normalized spacial score (nSPS) is 17.4. The number of piperidine rings is 1. The van der Waals surface area contributed by atoms with Crippen LogP contribution >= 0.6 is 0 Å². The van der Waals surface area contributed by atoms with Crippen molar-refractivity contribution in [1.82, 2.24) is 10.2 Å². The largest absolute Gasteiger partial charge is 0.481 e. The standard InChI is InChI=1S/C18H21F3N2O4/c19-18(20,21)14-7-2-1-6-13(14)17(27)22-11-15(24)23-10-4-3-5-12(23)8-9-16(25)26/h1-2,6-7,12H,3-5,8-11H2,(H,22,27)(H,25,26). The Hall–Kier alpha value is -2.58. The number of carboxylic acid groups (broad SMARTS) is 1. The molecule has 0 aromatic heterocycles. The molecule has 1 aliphatic rings. The molecule has 0 saturated carbocycles. The van der Waals surface area contributed by atoms with E-state index in [1.165, 1.54) is 17.0 Å². The summed E-state index contributed by atoms with van der Waals surface area (Å²) in [6.07, 6.45) is -2.12. The van der Waals surface area contributed by atoms with Gasteiger partial charge in [-0.15, -0.1) is 0 Å². The zero-order chi connectivity index (χ0) is 20.0. The van der Waals surface area contributed by atoms with Crippen LogP contribution in [0.5, 0.6) is 0 Å². The highest BCUT2D eigenvalue weighted by molar-refractivity contribution is 5.97. The fraction of sp³-hybridized carbons (Fsp3) is 0.500. The lowest BCUT2D eigenvalue weighted by Gasteiger charge is -2.35. The van der Waals surface area contributed by atoms with Gasteiger partial charge in [-0.1, -0.05) is 12.1 Å². The van der Waals surface area contributed by atoms with Crippen molar-refractivity contribution in [2.45, 2.75) is 44.3 Å². The lowest BCUT2D eigenvalue weighted by atomic mass is 9.98. The van der Waals surface area contributed by atoms with Crippen LogP contribution in [0.15, 0.2) is 24.3 Å². The average Bonchev–Trinajstić information content (AvgIpc) is 2.63. The molecule has 0 radical (unpaired) electrons. The van der Waals surface area contributed by atoms with E-state index < -0.39 is 41.6 Å². The van der Waals surface area contributed by atoms with Gasteiger partial charge >= 0.3 is 12.1 Å². The number of nitrogens with zero attached hydrogens (tertiary/aromatic N) is 1. The summed E-state index contributed by atoms with van der Waals surface area (Å²) in [5.41, 5.74) is -1.61. The number of likely N-dealkylation sites (tertiary alicyclic amines) is 1. The van der Waals surface area contributed by atoms with Crippen molar-refractivity contribution in [2.75, 3.05) is 13.1 Å². The predicted molar refractivity (Wildman–Crippen MR) is 90.0 cm³/mol. The fourth-order valence-electron chi connectivity index (χ4n) is 3.20. The predicted octanol–water partition coefficient (Wildman–Crippen LogP) is 2.68. The minimum Gasteiger partial charge on any atom is -0.481 e. The van der Waals surface area contributed by atoms with Gasteiger partial charge in [-0.25, -0.2) is 0 Å². The van der Waals surface area contributed by atoms with E-state index in [2.05, 4.69) is 5.32 Å². The van der Waals surface area contributed by atoms with Crippen molar-refractivity contribution in [3.63, 3.8) is 0 Å². The van der Waals surface area contributed by atoms with E-state index in [1.54, 1.807) is 0 Å². The summed E-state index contributed by atoms with van der Waals surface area (Å²) < 4.78 is 39.0. The lowest BCUT2D eigenvalue weighted by Crippen LogP contribution is -2.48. The molecule has 1 saturated heterocycles. The van der Waals surface area contributed by atoms with Crippen molar-refractivity contribution >= 4 is 17.8 Å². The fourth-order valence-corrected chi connectivity index (χ4v) is 3.20. The third kappa shape index (κ3) is 5.70. The van der Waals surface area contributed by atoms with Crippen LogP contribution in [-0.4, -0.2) is 46.9 Å². The highest BCUT2D eigenvalue weighted by atomic mass is 19.4. The van der Waals surface area contributed by atoms with Crippen LogP contribution in [0.2, 0.25) is 0 Å². The third-order valence-corrected chi connectivity index (χ3v) is 4.52. The van der Waals surface area contributed by atoms with E-state index in [-0.39, 0.29) is 12.5 Å². The Balaban J connectivity index is 2.00. The number of amides is 2. The highest BCUT2D eigenvalue weighted by Crippen LogP contribution is 2.31. The Labute approximate surface area is 154 Å². The molecule has 27 heavy (non-hydrogen) atoms. The molecular weight excluding hydrogens is 365 g/mol. The molecule has 1 aromatic rings. The van der Waals surface area contributed by atoms with Crippen LogP contribution in [-0.2, 0) is 15.8 Å². The molecule has 2 rings (SSSR count). The molecule has 1 atom stereocenters. The van der Waals surface area contributed by atoms with Gasteiger partial charge < -0.3 is 15.3 Å². The Kier molecular flexibility index (Phi) is 6.81. The number of carbonyl (C=O) groups excluding carboxylic acids is 2. The summed E-state index contributed by atoms with van der Waals surface area (Å²) in [4.78, 5) is 36.8. The Morgan fingerprint density at radius 3 is 2.56 bits per heavy atom. The number of rotatable bonds is 6. The summed E-state index contributed by atoms with van der Waals surface area (Å²) in [6, 6.07) is 4.13. The Morgan fingerprint density at radius 1 is 1.19 bits per heavy atom. The van der Waals surface area contributed by atoms with E-state index in [4.69, 9.17) is 5.11 Å². The number of benzene rings is 1. The Morgan fingerprint density at radius 2 is 1.89 bits per heavy atom. The van der Waals surface area contributed by atoms with Gasteiger partial charge in [-0.2, -0.15) is 13.2 Å². The van der Waals surface area contributed by atoms with Gasteiger partial charge in [0.25, 0.3) is 5.91 Å². The second kappa shape index (κ2) is 8.88. The molecule has 1 aromatic carbocycles. The van der Waals surface area contributed by atoms with Crippen LogP contribution in [0.25, 0.3) is 0 Å². The summed E-state index contributed by atoms with van der Waals surface area (Å²) >= 11 is 0. The highest BCUT2D eigenvalue weighted by Gasteiger charge is 2.35. The van der Waals surface area contributed by atoms with Crippen LogP contribution in [0.4, 0.5) is 13.2 Å². The van der Waals surface area contributed by atoms with Gasteiger partial charge in [0.1, 0.15) is 0 Å². The summed E-state index contributed by atoms with van der Waals surface area (Å²) in [5, 5.41) is 11.1. The third-order valence-electron chi connectivity index (χ3n) is 4.52. The van der Waals surface area contributed by atoms with E-state index in [0.29, 0.717) is 19.4 Å². The van der Waals surface area contributed by atoms with Gasteiger partial charge in [-0.05, 0) is 37.8 Å². The average molecular weight is 386 g/mol. The minimum absolute atomic E-state index is 0.0697. The number of hydrogen-bond acceptors (Lipinski definition) is 3. The van der Waals surface area contributed by atoms with Gasteiger partial charge in [0.05, 0.1) is 17.7 Å². The summed E-state index contributed by atoms with van der Waals surface area (Å²) in [6.45, 7) is 0.00667. The molecule has 148 valence electrons. The summed E-state index contributed by atoms with van der Waals surface area (Å²) in [7, 11) is 0. The molecule has 1 fully saturated rings. The van der Waals surface area contributed by atoms with E-state index in [1.807, 2.05) is 0 Å². The number of alkyl halides is 3. The maximum Gasteiger partial charge on any atom is 0.417 e. The van der Waals surface area contributed by atoms with Gasteiger partial charge in [0.2, 0.25) is 5.91 Å². The van der Waals surface area contributed by atoms with Crippen molar-refractivity contribution in [1.29, 1.82) is 0 Å². The van der Waals surface area contributed by atoms with Crippen molar-refractivity contribution in [2.24, 2.45) is 0 Å². The molecule has 6 nitrogen and oxygen atoms in total. The molecule has 0 bridgehead atoms. The number of halogens is 3. The van der Waals surface area contributed by atoms with Crippen LogP contribution in [0.3, 0.4) is 0 Å². The second-order valence-corrected chi connectivity index (χ2v) is 6.40. The topological polar surface area (TPSA) is 86.7 Å². The molecule has 2 N–H and O–H groups in total. The molecule has 1 heterocycles. The molecule has 0 spiro atoms. The SMILES string of the molecule is O=C(O)CCC1CCCCN1C(=O)CNC(=O)c1ccccc1C(F)(F)F. The number of aliphatic carboxylic acids is 1. The van der Waals surface area contributed by atoms with Crippen molar-refractivity contribution in [3.8, 4) is 0 Å². The monoisotopic (exact) mass is 386 g/mol. The molecular formula is C18H21F3N2O4. The number of carboxylic acids is 1. The number of carbonyl (C=O) groups is 3. The number of nitrogens with one attached hydrogen (secondary N) is 1. The van der Waals surface area contributed by atoms with Crippen LogP contribution in [0, 0.1) is 0 Å². The lowest BCUT2D eigenvalue weighted by molar-refractivity contribution is -0.139. The molecule has 1 aliphatic heterocycles. The van der Waals surface area contributed by atoms with E-state index in [9.17, 15) is 27.6 Å². The van der Waals surface area contributed by atoms with Gasteiger partial charge in [-0.3, -0.25) is 14.4 Å². The zero-order valence-electron chi connectivity index (χ0n) is 14.6. The number of hydrogen-bond donors (Lipinski definition) is 2. The quantitative estimate of drug-likeness (QED) is 0.787. The first kappa shape index (κ1) is 20.7. The summed E-state index contributed by atoms with van der Waals surface area (Å²) in [5.74, 6) is -2.36. The van der Waals surface area contributed by atoms with E-state index in [0.717, 1.165) is 25.0 Å². The first-order valence-electron chi connectivity index (χ1n) is 8.66. The van der Waals surface area contributed by atoms with Gasteiger partial charge in [0, 0.05) is 19.0 Å². The van der Waals surface area contributed by atoms with Crippen LogP contribution in [0.1, 0.15) is 48.0 Å². The maximum atomic E-state index is 13.0. The smallest absolute Gasteiger partial charge is 0.417 e. The molecule has 0 aliphatic carbocycles. The van der Waals surface area contributed by atoms with Crippen molar-refractivity contribution < 1.29 is 32.7 Å². The van der Waals surface area contributed by atoms with Crippen molar-refractivity contribution in [3.05, 3.63) is 35.4 Å². The van der Waals surface area contributed by atoms with Gasteiger partial charge in [0.15, 0.2) is 0 Å². The first-order valence-corrected chi connectivity index (χ1v) is 8.66. The van der Waals surface area contributed by atoms with Crippen LogP contribution < -0.4 is 5.32 Å². The Bertz CT molecular complexity index is 706.